The summed E-state index contributed by atoms with van der Waals surface area (Å²) in [6.45, 7) is 3.10. The summed E-state index contributed by atoms with van der Waals surface area (Å²) in [6, 6.07) is 16.2. The SMILES string of the molecule is CCOC(=O)N1CCC(N2C(Cn3c(SCc4cccc(F)c4F)nc(=O)c4c3CCC4)=NOC2c2ccc(-c3ccc(C(F)(F)F)cc3)cc2)CC1. The minimum absolute atomic E-state index is 0.0434. The van der Waals surface area contributed by atoms with Crippen LogP contribution in [-0.4, -0.2) is 57.0 Å². The Morgan fingerprint density at radius 3 is 2.36 bits per heavy atom. The van der Waals surface area contributed by atoms with E-state index < -0.39 is 29.6 Å². The topological polar surface area (TPSA) is 89.3 Å². The number of halogens is 5. The van der Waals surface area contributed by atoms with Crippen LogP contribution in [0.25, 0.3) is 11.1 Å². The first-order valence-electron chi connectivity index (χ1n) is 17.4. The van der Waals surface area contributed by atoms with Crippen LogP contribution in [0.2, 0.25) is 0 Å². The molecule has 0 radical (unpaired) electrons. The lowest BCUT2D eigenvalue weighted by Gasteiger charge is -2.39. The molecular formula is C38H36F5N5O4S. The van der Waals surface area contributed by atoms with Gasteiger partial charge in [0.05, 0.1) is 18.7 Å². The van der Waals surface area contributed by atoms with Crippen molar-refractivity contribution in [1.29, 1.82) is 0 Å². The van der Waals surface area contributed by atoms with E-state index >= 15 is 0 Å². The van der Waals surface area contributed by atoms with Crippen LogP contribution in [0.3, 0.4) is 0 Å². The van der Waals surface area contributed by atoms with Gasteiger partial charge in [0.15, 0.2) is 22.6 Å². The van der Waals surface area contributed by atoms with E-state index in [0.29, 0.717) is 60.9 Å². The molecule has 1 saturated heterocycles. The summed E-state index contributed by atoms with van der Waals surface area (Å²) < 4.78 is 75.2. The molecule has 1 unspecified atom stereocenters. The van der Waals surface area contributed by atoms with Crippen LogP contribution in [0, 0.1) is 11.6 Å². The van der Waals surface area contributed by atoms with Gasteiger partial charge in [-0.3, -0.25) is 4.79 Å². The molecule has 0 spiro atoms. The van der Waals surface area contributed by atoms with E-state index in [9.17, 15) is 31.5 Å². The lowest BCUT2D eigenvalue weighted by Crippen LogP contribution is -2.49. The number of aromatic nitrogens is 2. The largest absolute Gasteiger partial charge is 0.450 e. The lowest BCUT2D eigenvalue weighted by atomic mass is 9.99. The fourth-order valence-corrected chi connectivity index (χ4v) is 8.10. The molecule has 3 aromatic carbocycles. The molecule has 4 aromatic rings. The van der Waals surface area contributed by atoms with Crippen molar-refractivity contribution in [2.24, 2.45) is 5.16 Å². The predicted octanol–water partition coefficient (Wildman–Crippen LogP) is 7.95. The molecule has 1 aliphatic carbocycles. The number of alkyl halides is 3. The normalized spacial score (nSPS) is 17.5. The fraction of sp³-hybridized carbons (Fsp3) is 0.368. The summed E-state index contributed by atoms with van der Waals surface area (Å²) in [5, 5.41) is 4.91. The zero-order chi connectivity index (χ0) is 37.3. The van der Waals surface area contributed by atoms with Crippen LogP contribution < -0.4 is 5.56 Å². The fourth-order valence-electron chi connectivity index (χ4n) is 7.11. The molecule has 278 valence electrons. The van der Waals surface area contributed by atoms with Crippen LogP contribution >= 0.6 is 11.8 Å². The van der Waals surface area contributed by atoms with Gasteiger partial charge in [0, 0.05) is 47.3 Å². The highest BCUT2D eigenvalue weighted by Crippen LogP contribution is 2.37. The number of nitrogens with zero attached hydrogens (tertiary/aromatic N) is 5. The minimum atomic E-state index is -4.43. The van der Waals surface area contributed by atoms with E-state index in [0.717, 1.165) is 53.2 Å². The van der Waals surface area contributed by atoms with Crippen LogP contribution in [0.1, 0.15) is 60.4 Å². The van der Waals surface area contributed by atoms with E-state index in [4.69, 9.17) is 9.57 Å². The summed E-state index contributed by atoms with van der Waals surface area (Å²) in [4.78, 5) is 39.9. The molecule has 2 aliphatic heterocycles. The molecule has 0 N–H and O–H groups in total. The first-order valence-corrected chi connectivity index (χ1v) is 18.4. The summed E-state index contributed by atoms with van der Waals surface area (Å²) >= 11 is 1.14. The standard InChI is InChI=1S/C38H36F5N5O4S/c1-2-51-37(50)46-19-17-28(18-20-46)48-32(45-52-35(48)25-11-9-23(10-12-25)24-13-15-27(16-14-24)38(41,42)43)21-47-31-8-4-6-29(31)34(49)44-36(47)53-22-26-5-3-7-30(39)33(26)40/h3,5,7,9-16,28,35H,2,4,6,8,17-22H2,1H3. The van der Waals surface area contributed by atoms with Crippen LogP contribution in [0.5, 0.6) is 0 Å². The Bertz CT molecular complexity index is 2070. The maximum absolute atomic E-state index is 14.6. The number of likely N-dealkylation sites (tertiary alicyclic amines) is 1. The Labute approximate surface area is 306 Å². The van der Waals surface area contributed by atoms with Gasteiger partial charge in [0.1, 0.15) is 0 Å². The second-order valence-corrected chi connectivity index (χ2v) is 14.0. The molecule has 0 bridgehead atoms. The summed E-state index contributed by atoms with van der Waals surface area (Å²) in [6.07, 6.45) is -2.31. The third-order valence-electron chi connectivity index (χ3n) is 9.82. The molecule has 0 saturated carbocycles. The number of hydrogen-bond acceptors (Lipinski definition) is 8. The number of amidine groups is 1. The highest BCUT2D eigenvalue weighted by atomic mass is 32.2. The number of rotatable bonds is 9. The summed E-state index contributed by atoms with van der Waals surface area (Å²) in [7, 11) is 0. The van der Waals surface area contributed by atoms with Gasteiger partial charge in [-0.15, -0.1) is 0 Å². The smallest absolute Gasteiger partial charge is 0.416 e. The molecule has 15 heteroatoms. The van der Waals surface area contributed by atoms with Gasteiger partial charge in [-0.2, -0.15) is 18.2 Å². The highest BCUT2D eigenvalue weighted by molar-refractivity contribution is 7.98. The molecule has 3 aliphatic rings. The molecule has 1 atom stereocenters. The Kier molecular flexibility index (Phi) is 10.5. The molecule has 53 heavy (non-hydrogen) atoms. The lowest BCUT2D eigenvalue weighted by molar-refractivity contribution is -0.137. The van der Waals surface area contributed by atoms with Gasteiger partial charge in [0.25, 0.3) is 5.56 Å². The number of amides is 1. The summed E-state index contributed by atoms with van der Waals surface area (Å²) in [5.41, 5.74) is 2.63. The second-order valence-electron chi connectivity index (χ2n) is 13.1. The highest BCUT2D eigenvalue weighted by Gasteiger charge is 2.40. The minimum Gasteiger partial charge on any atom is -0.450 e. The van der Waals surface area contributed by atoms with Gasteiger partial charge in [-0.1, -0.05) is 65.4 Å². The van der Waals surface area contributed by atoms with E-state index in [-0.39, 0.29) is 42.2 Å². The zero-order valence-electron chi connectivity index (χ0n) is 28.7. The Morgan fingerprint density at radius 2 is 1.68 bits per heavy atom. The predicted molar refractivity (Wildman–Crippen MR) is 188 cm³/mol. The van der Waals surface area contributed by atoms with Crippen molar-refractivity contribution in [3.63, 3.8) is 0 Å². The van der Waals surface area contributed by atoms with Crippen molar-refractivity contribution >= 4 is 23.7 Å². The van der Waals surface area contributed by atoms with Gasteiger partial charge in [0.2, 0.25) is 6.23 Å². The second kappa shape index (κ2) is 15.2. The number of hydrogen-bond donors (Lipinski definition) is 0. The average molecular weight is 754 g/mol. The molecule has 1 amide bonds. The van der Waals surface area contributed by atoms with Gasteiger partial charge >= 0.3 is 12.3 Å². The maximum Gasteiger partial charge on any atom is 0.416 e. The summed E-state index contributed by atoms with van der Waals surface area (Å²) in [5.74, 6) is -1.30. The first-order chi connectivity index (χ1) is 25.5. The number of thioether (sulfide) groups is 1. The number of carbonyl (C=O) groups excluding carboxylic acids is 1. The van der Waals surface area contributed by atoms with Gasteiger partial charge in [-0.05, 0) is 68.4 Å². The molecule has 1 aromatic heterocycles. The van der Waals surface area contributed by atoms with Gasteiger partial charge < -0.3 is 23.9 Å². The van der Waals surface area contributed by atoms with Crippen molar-refractivity contribution in [2.75, 3.05) is 19.7 Å². The number of fused-ring (bicyclic) bond motifs is 1. The molecule has 9 nitrogen and oxygen atoms in total. The maximum atomic E-state index is 14.6. The van der Waals surface area contributed by atoms with E-state index in [1.807, 2.05) is 28.8 Å². The quantitative estimate of drug-likeness (QED) is 0.0974. The molecule has 7 rings (SSSR count). The Morgan fingerprint density at radius 1 is 0.981 bits per heavy atom. The van der Waals surface area contributed by atoms with Crippen LogP contribution in [0.4, 0.5) is 26.7 Å². The number of piperidine rings is 1. The molecule has 3 heterocycles. The molecule has 1 fully saturated rings. The van der Waals surface area contributed by atoms with Crippen molar-refractivity contribution in [3.8, 4) is 11.1 Å². The number of ether oxygens (including phenoxy) is 1. The number of oxime groups is 1. The Balaban J connectivity index is 1.18. The van der Waals surface area contributed by atoms with Crippen LogP contribution in [-0.2, 0) is 40.9 Å². The van der Waals surface area contributed by atoms with Crippen molar-refractivity contribution in [2.45, 2.75) is 74.9 Å². The van der Waals surface area contributed by atoms with E-state index in [1.165, 1.54) is 24.3 Å². The van der Waals surface area contributed by atoms with E-state index in [1.54, 1.807) is 11.8 Å². The Hall–Kier alpha value is -4.92. The molecular weight excluding hydrogens is 718 g/mol. The van der Waals surface area contributed by atoms with Crippen molar-refractivity contribution in [3.05, 3.63) is 117 Å². The average Bonchev–Trinajstić information content (AvgIpc) is 3.82. The first kappa shape index (κ1) is 36.4. The number of benzene rings is 3. The third kappa shape index (κ3) is 7.62. The van der Waals surface area contributed by atoms with Gasteiger partial charge in [-0.25, -0.2) is 13.6 Å². The van der Waals surface area contributed by atoms with E-state index in [2.05, 4.69) is 15.0 Å². The monoisotopic (exact) mass is 753 g/mol. The van der Waals surface area contributed by atoms with Crippen molar-refractivity contribution in [1.82, 2.24) is 19.4 Å². The van der Waals surface area contributed by atoms with Crippen molar-refractivity contribution < 1.29 is 36.3 Å². The number of carbonyl (C=O) groups is 1. The van der Waals surface area contributed by atoms with Crippen LogP contribution in [0.15, 0.2) is 81.8 Å². The zero-order valence-corrected chi connectivity index (χ0v) is 29.6. The third-order valence-corrected chi connectivity index (χ3v) is 10.8.